The first-order valence-corrected chi connectivity index (χ1v) is 8.66. The SMILES string of the molecule is COc1ccc(CNC(=O)N2C3CCCC2CC(=O)NC3)cc1OC. The van der Waals surface area contributed by atoms with Gasteiger partial charge in [-0.2, -0.15) is 0 Å². The maximum atomic E-state index is 12.7. The van der Waals surface area contributed by atoms with Crippen molar-refractivity contribution >= 4 is 11.9 Å². The number of urea groups is 1. The number of nitrogens with zero attached hydrogens (tertiary/aromatic N) is 1. The fraction of sp³-hybridized carbons (Fsp3) is 0.556. The lowest BCUT2D eigenvalue weighted by Crippen LogP contribution is -2.54. The van der Waals surface area contributed by atoms with E-state index in [-0.39, 0.29) is 24.0 Å². The van der Waals surface area contributed by atoms with Gasteiger partial charge in [-0.3, -0.25) is 4.79 Å². The van der Waals surface area contributed by atoms with Gasteiger partial charge in [-0.05, 0) is 37.0 Å². The van der Waals surface area contributed by atoms with E-state index in [1.54, 1.807) is 14.2 Å². The highest BCUT2D eigenvalue weighted by atomic mass is 16.5. The average Bonchev–Trinajstić information content (AvgIpc) is 2.72. The first-order valence-electron chi connectivity index (χ1n) is 8.66. The van der Waals surface area contributed by atoms with Crippen molar-refractivity contribution < 1.29 is 19.1 Å². The normalized spacial score (nSPS) is 22.6. The summed E-state index contributed by atoms with van der Waals surface area (Å²) < 4.78 is 10.5. The van der Waals surface area contributed by atoms with Gasteiger partial charge in [-0.25, -0.2) is 4.79 Å². The van der Waals surface area contributed by atoms with E-state index >= 15 is 0 Å². The van der Waals surface area contributed by atoms with Crippen LogP contribution in [0.3, 0.4) is 0 Å². The monoisotopic (exact) mass is 347 g/mol. The Labute approximate surface area is 147 Å². The zero-order valence-corrected chi connectivity index (χ0v) is 14.7. The lowest BCUT2D eigenvalue weighted by Gasteiger charge is -2.39. The molecule has 2 fully saturated rings. The van der Waals surface area contributed by atoms with E-state index in [4.69, 9.17) is 9.47 Å². The Morgan fingerprint density at radius 1 is 1.24 bits per heavy atom. The molecule has 25 heavy (non-hydrogen) atoms. The van der Waals surface area contributed by atoms with Gasteiger partial charge in [0, 0.05) is 25.6 Å². The van der Waals surface area contributed by atoms with E-state index in [0.717, 1.165) is 24.8 Å². The van der Waals surface area contributed by atoms with Gasteiger partial charge >= 0.3 is 6.03 Å². The van der Waals surface area contributed by atoms with E-state index < -0.39 is 0 Å². The largest absolute Gasteiger partial charge is 0.493 e. The number of carbonyl (C=O) groups excluding carboxylic acids is 2. The molecule has 2 aliphatic heterocycles. The van der Waals surface area contributed by atoms with Gasteiger partial charge in [-0.1, -0.05) is 6.07 Å². The smallest absolute Gasteiger partial charge is 0.318 e. The van der Waals surface area contributed by atoms with Crippen molar-refractivity contribution in [3.63, 3.8) is 0 Å². The number of amides is 3. The summed E-state index contributed by atoms with van der Waals surface area (Å²) in [6, 6.07) is 5.54. The van der Waals surface area contributed by atoms with Crippen molar-refractivity contribution in [1.82, 2.24) is 15.5 Å². The number of rotatable bonds is 4. The van der Waals surface area contributed by atoms with Crippen LogP contribution in [0.4, 0.5) is 4.79 Å². The van der Waals surface area contributed by atoms with Crippen LogP contribution < -0.4 is 20.1 Å². The molecule has 1 aromatic rings. The van der Waals surface area contributed by atoms with E-state index in [9.17, 15) is 9.59 Å². The lowest BCUT2D eigenvalue weighted by atomic mass is 9.95. The molecule has 0 spiro atoms. The third-order valence-corrected chi connectivity index (χ3v) is 4.94. The van der Waals surface area contributed by atoms with Crippen LogP contribution in [0.15, 0.2) is 18.2 Å². The standard InChI is InChI=1S/C18H25N3O4/c1-24-15-7-6-12(8-16(15)25-2)10-20-18(23)21-13-4-3-5-14(21)11-19-17(22)9-13/h6-8,13-14H,3-5,9-11H2,1-2H3,(H,19,22)(H,20,23). The molecule has 7 nitrogen and oxygen atoms in total. The predicted molar refractivity (Wildman–Crippen MR) is 92.7 cm³/mol. The fourth-order valence-electron chi connectivity index (χ4n) is 3.68. The van der Waals surface area contributed by atoms with Crippen molar-refractivity contribution in [2.75, 3.05) is 20.8 Å². The Kier molecular flexibility index (Phi) is 5.31. The minimum atomic E-state index is -0.110. The molecule has 0 aromatic heterocycles. The number of benzene rings is 1. The summed E-state index contributed by atoms with van der Waals surface area (Å²) in [4.78, 5) is 26.4. The molecule has 7 heteroatoms. The maximum Gasteiger partial charge on any atom is 0.318 e. The predicted octanol–water partition coefficient (Wildman–Crippen LogP) is 1.66. The number of hydrogen-bond donors (Lipinski definition) is 2. The van der Waals surface area contributed by atoms with Crippen LogP contribution in [-0.4, -0.2) is 49.7 Å². The van der Waals surface area contributed by atoms with E-state index in [0.29, 0.717) is 31.0 Å². The molecule has 136 valence electrons. The number of fused-ring (bicyclic) bond motifs is 2. The minimum Gasteiger partial charge on any atom is -0.493 e. The van der Waals surface area contributed by atoms with E-state index in [1.165, 1.54) is 0 Å². The van der Waals surface area contributed by atoms with Crippen molar-refractivity contribution in [3.8, 4) is 11.5 Å². The van der Waals surface area contributed by atoms with Gasteiger partial charge < -0.3 is 25.0 Å². The number of methoxy groups -OCH3 is 2. The van der Waals surface area contributed by atoms with Gasteiger partial charge in [0.15, 0.2) is 11.5 Å². The molecule has 0 saturated carbocycles. The molecule has 2 saturated heterocycles. The topological polar surface area (TPSA) is 79.9 Å². The first-order chi connectivity index (χ1) is 12.1. The summed E-state index contributed by atoms with van der Waals surface area (Å²) in [5.41, 5.74) is 0.931. The minimum absolute atomic E-state index is 0.00773. The van der Waals surface area contributed by atoms with Crippen LogP contribution in [0.5, 0.6) is 11.5 Å². The molecule has 2 atom stereocenters. The van der Waals surface area contributed by atoms with Crippen molar-refractivity contribution in [1.29, 1.82) is 0 Å². The molecular formula is C18H25N3O4. The Bertz CT molecular complexity index is 649. The molecule has 3 rings (SSSR count). The van der Waals surface area contributed by atoms with Gasteiger partial charge in [0.2, 0.25) is 5.91 Å². The quantitative estimate of drug-likeness (QED) is 0.868. The van der Waals surface area contributed by atoms with Gasteiger partial charge in [0.25, 0.3) is 0 Å². The molecule has 1 aromatic carbocycles. The molecule has 0 radical (unpaired) electrons. The molecule has 2 aliphatic rings. The molecule has 2 bridgehead atoms. The molecule has 0 aliphatic carbocycles. The summed E-state index contributed by atoms with van der Waals surface area (Å²) in [5, 5.41) is 5.89. The van der Waals surface area contributed by atoms with Crippen LogP contribution in [0.25, 0.3) is 0 Å². The number of hydrogen-bond acceptors (Lipinski definition) is 4. The zero-order valence-electron chi connectivity index (χ0n) is 14.7. The van der Waals surface area contributed by atoms with Crippen molar-refractivity contribution in [2.24, 2.45) is 0 Å². The number of carbonyl (C=O) groups is 2. The highest BCUT2D eigenvalue weighted by Crippen LogP contribution is 2.28. The molecule has 2 unspecified atom stereocenters. The van der Waals surface area contributed by atoms with Gasteiger partial charge in [-0.15, -0.1) is 0 Å². The molecular weight excluding hydrogens is 322 g/mol. The van der Waals surface area contributed by atoms with Crippen molar-refractivity contribution in [2.45, 2.75) is 44.3 Å². The second-order valence-electron chi connectivity index (χ2n) is 6.50. The fourth-order valence-corrected chi connectivity index (χ4v) is 3.68. The second-order valence-corrected chi connectivity index (χ2v) is 6.50. The maximum absolute atomic E-state index is 12.7. The second kappa shape index (κ2) is 7.63. The van der Waals surface area contributed by atoms with Crippen LogP contribution in [0, 0.1) is 0 Å². The van der Waals surface area contributed by atoms with Crippen LogP contribution >= 0.6 is 0 Å². The third kappa shape index (κ3) is 3.81. The number of nitrogens with one attached hydrogen (secondary N) is 2. The highest BCUT2D eigenvalue weighted by Gasteiger charge is 2.37. The summed E-state index contributed by atoms with van der Waals surface area (Å²) in [6.07, 6.45) is 3.26. The number of ether oxygens (including phenoxy) is 2. The summed E-state index contributed by atoms with van der Waals surface area (Å²) in [6.45, 7) is 0.940. The van der Waals surface area contributed by atoms with Gasteiger partial charge in [0.05, 0.1) is 20.3 Å². The Morgan fingerprint density at radius 3 is 2.76 bits per heavy atom. The summed E-state index contributed by atoms with van der Waals surface area (Å²) >= 11 is 0. The molecule has 2 heterocycles. The van der Waals surface area contributed by atoms with Gasteiger partial charge in [0.1, 0.15) is 0 Å². The first kappa shape index (κ1) is 17.4. The van der Waals surface area contributed by atoms with E-state index in [1.807, 2.05) is 23.1 Å². The van der Waals surface area contributed by atoms with Crippen molar-refractivity contribution in [3.05, 3.63) is 23.8 Å². The summed E-state index contributed by atoms with van der Waals surface area (Å²) in [5.74, 6) is 1.33. The summed E-state index contributed by atoms with van der Waals surface area (Å²) in [7, 11) is 3.18. The molecule has 2 N–H and O–H groups in total. The van der Waals surface area contributed by atoms with Crippen LogP contribution in [0.1, 0.15) is 31.2 Å². The number of piperidine rings is 1. The average molecular weight is 347 g/mol. The van der Waals surface area contributed by atoms with Crippen LogP contribution in [-0.2, 0) is 11.3 Å². The zero-order chi connectivity index (χ0) is 17.8. The van der Waals surface area contributed by atoms with E-state index in [2.05, 4.69) is 10.6 Å². The molecule has 3 amide bonds. The van der Waals surface area contributed by atoms with Crippen LogP contribution in [0.2, 0.25) is 0 Å². The third-order valence-electron chi connectivity index (χ3n) is 4.94. The Hall–Kier alpha value is -2.44. The Balaban J connectivity index is 1.66. The lowest BCUT2D eigenvalue weighted by molar-refractivity contribution is -0.121. The Morgan fingerprint density at radius 2 is 2.00 bits per heavy atom. The highest BCUT2D eigenvalue weighted by molar-refractivity contribution is 5.80.